The summed E-state index contributed by atoms with van der Waals surface area (Å²) in [6.07, 6.45) is 18.0. The molecule has 2 aliphatic carbocycles. The average Bonchev–Trinajstić information content (AvgIpc) is 3.06. The Morgan fingerprint density at radius 2 is 1.05 bits per heavy atom. The van der Waals surface area contributed by atoms with Crippen LogP contribution < -0.4 is 24.8 Å². The molecule has 0 spiro atoms. The van der Waals surface area contributed by atoms with E-state index in [4.69, 9.17) is 0 Å². The average molecular weight is 361 g/mol. The van der Waals surface area contributed by atoms with Gasteiger partial charge in [0.1, 0.15) is 0 Å². The summed E-state index contributed by atoms with van der Waals surface area (Å²) in [6, 6.07) is 0. The summed E-state index contributed by atoms with van der Waals surface area (Å²) >= 11 is 0. The fourth-order valence-corrected chi connectivity index (χ4v) is 2.49. The molecule has 118 valence electrons. The van der Waals surface area contributed by atoms with E-state index in [2.05, 4.69) is 52.0 Å². The minimum Gasteiger partial charge on any atom is -1.00 e. The fourth-order valence-electron chi connectivity index (χ4n) is 2.49. The van der Waals surface area contributed by atoms with Crippen LogP contribution in [0.15, 0.2) is 34.4 Å². The van der Waals surface area contributed by atoms with Crippen molar-refractivity contribution in [1.29, 1.82) is 0 Å². The number of allylic oxidation sites excluding steroid dienone is 8. The third-order valence-electron chi connectivity index (χ3n) is 3.57. The number of hydrogen-bond acceptors (Lipinski definition) is 0. The van der Waals surface area contributed by atoms with Gasteiger partial charge in [0.2, 0.25) is 0 Å². The smallest absolute Gasteiger partial charge is 1.00 e. The van der Waals surface area contributed by atoms with Crippen LogP contribution in [0.2, 0.25) is 0 Å². The van der Waals surface area contributed by atoms with E-state index in [9.17, 15) is 0 Å². The van der Waals surface area contributed by atoms with Gasteiger partial charge in [-0.05, 0) is 0 Å². The van der Waals surface area contributed by atoms with Crippen LogP contribution in [0, 0.1) is 12.2 Å². The molecular weight excluding hydrogens is 335 g/mol. The Bertz CT molecular complexity index is 316. The molecule has 0 aliphatic heterocycles. The van der Waals surface area contributed by atoms with Crippen molar-refractivity contribution < 1.29 is 46.5 Å². The van der Waals surface area contributed by atoms with Crippen molar-refractivity contribution >= 4 is 0 Å². The maximum atomic E-state index is 3.33. The van der Waals surface area contributed by atoms with Crippen LogP contribution in [-0.4, -0.2) is 0 Å². The molecule has 0 saturated carbocycles. The number of rotatable bonds is 4. The van der Waals surface area contributed by atoms with Gasteiger partial charge in [-0.25, -0.2) is 11.1 Å². The van der Waals surface area contributed by atoms with E-state index in [1.165, 1.54) is 35.1 Å². The van der Waals surface area contributed by atoms with Crippen molar-refractivity contribution in [3.63, 3.8) is 0 Å². The Hall–Kier alpha value is 0.254. The van der Waals surface area contributed by atoms with Crippen LogP contribution in [0.5, 0.6) is 0 Å². The number of hydrogen-bond donors (Lipinski definition) is 0. The molecule has 0 heterocycles. The molecule has 2 aliphatic rings. The second-order valence-electron chi connectivity index (χ2n) is 4.59. The monoisotopic (exact) mass is 360 g/mol. The zero-order valence-corrected chi connectivity index (χ0v) is 16.7. The summed E-state index contributed by atoms with van der Waals surface area (Å²) in [5.74, 6) is 0. The van der Waals surface area contributed by atoms with Gasteiger partial charge in [-0.1, -0.05) is 53.4 Å². The molecule has 0 nitrogen and oxygen atoms in total. The van der Waals surface area contributed by atoms with Crippen molar-refractivity contribution in [3.8, 4) is 0 Å². The van der Waals surface area contributed by atoms with E-state index in [1.54, 1.807) is 0 Å². The first kappa shape index (κ1) is 26.2. The van der Waals surface area contributed by atoms with Crippen LogP contribution in [0.4, 0.5) is 0 Å². The molecule has 0 aromatic carbocycles. The summed E-state index contributed by atoms with van der Waals surface area (Å²) < 4.78 is 0. The van der Waals surface area contributed by atoms with Crippen LogP contribution in [-0.2, 0) is 21.7 Å². The molecule has 0 aromatic heterocycles. The van der Waals surface area contributed by atoms with Gasteiger partial charge in [0.05, 0.1) is 0 Å². The zero-order chi connectivity index (χ0) is 13.4. The molecule has 0 amide bonds. The molecule has 0 aromatic rings. The molecule has 0 N–H and O–H groups in total. The molecule has 0 atom stereocenters. The molecule has 0 radical (unpaired) electrons. The van der Waals surface area contributed by atoms with E-state index in [1.807, 2.05) is 0 Å². The fraction of sp³-hybridized carbons (Fsp3) is 0.556. The second-order valence-corrected chi connectivity index (χ2v) is 4.59. The Morgan fingerprint density at radius 1 is 0.714 bits per heavy atom. The Labute approximate surface area is 158 Å². The van der Waals surface area contributed by atoms with E-state index >= 15 is 0 Å². The summed E-state index contributed by atoms with van der Waals surface area (Å²) in [5.41, 5.74) is 5.91. The molecule has 2 rings (SSSR count). The van der Waals surface area contributed by atoms with Crippen molar-refractivity contribution in [2.24, 2.45) is 0 Å². The minimum atomic E-state index is 0. The topological polar surface area (TPSA) is 0 Å². The molecule has 21 heavy (non-hydrogen) atoms. The molecule has 0 saturated heterocycles. The molecule has 0 bridgehead atoms. The first-order chi connectivity index (χ1) is 8.76. The van der Waals surface area contributed by atoms with Crippen molar-refractivity contribution in [3.05, 3.63) is 46.6 Å². The van der Waals surface area contributed by atoms with Crippen molar-refractivity contribution in [1.82, 2.24) is 0 Å². The van der Waals surface area contributed by atoms with E-state index in [-0.39, 0.29) is 46.5 Å². The van der Waals surface area contributed by atoms with Gasteiger partial charge in [-0.15, -0.1) is 12.8 Å². The zero-order valence-electron chi connectivity index (χ0n) is 13.7. The Morgan fingerprint density at radius 3 is 1.24 bits per heavy atom. The van der Waals surface area contributed by atoms with Gasteiger partial charge < -0.3 is 24.8 Å². The Kier molecular flexibility index (Phi) is 18.9. The summed E-state index contributed by atoms with van der Waals surface area (Å²) in [5, 5.41) is 0. The summed E-state index contributed by atoms with van der Waals surface area (Å²) in [4.78, 5) is 0. The first-order valence-corrected chi connectivity index (χ1v) is 7.34. The van der Waals surface area contributed by atoms with Gasteiger partial charge in [0.15, 0.2) is 0 Å². The SMILES string of the molecule is CCC1=[C-]CC=C1CC.CCC1=[C-]CC=C1CC.[Cl-].[Cl-].[Ti+2]. The summed E-state index contributed by atoms with van der Waals surface area (Å²) in [6.45, 7) is 8.79. The van der Waals surface area contributed by atoms with Crippen LogP contribution in [0.3, 0.4) is 0 Å². The molecule has 0 unspecified atom stereocenters. The van der Waals surface area contributed by atoms with E-state index in [0.717, 1.165) is 25.7 Å². The quantitative estimate of drug-likeness (QED) is 0.478. The maximum Gasteiger partial charge on any atom is 2.00 e. The van der Waals surface area contributed by atoms with Crippen LogP contribution >= 0.6 is 0 Å². The second kappa shape index (κ2) is 15.2. The van der Waals surface area contributed by atoms with Gasteiger partial charge >= 0.3 is 21.7 Å². The van der Waals surface area contributed by atoms with Crippen LogP contribution in [0.25, 0.3) is 0 Å². The van der Waals surface area contributed by atoms with E-state index in [0.29, 0.717) is 0 Å². The normalized spacial score (nSPS) is 15.0. The summed E-state index contributed by atoms with van der Waals surface area (Å²) in [7, 11) is 0. The van der Waals surface area contributed by atoms with Gasteiger partial charge in [0, 0.05) is 0 Å². The third kappa shape index (κ3) is 8.45. The van der Waals surface area contributed by atoms with Gasteiger partial charge in [-0.3, -0.25) is 12.2 Å². The largest absolute Gasteiger partial charge is 2.00 e. The van der Waals surface area contributed by atoms with Crippen LogP contribution in [0.1, 0.15) is 66.2 Å². The molecule has 3 heteroatoms. The molecule has 0 fully saturated rings. The standard InChI is InChI=1S/2C9H13.2ClH.Ti/c2*1-3-8-6-5-7-9(8)4-2;;;/h2*6H,3-5H2,1-2H3;2*1H;/q2*-1;;;+2/p-2. The van der Waals surface area contributed by atoms with Crippen molar-refractivity contribution in [2.45, 2.75) is 66.2 Å². The minimum absolute atomic E-state index is 0. The number of halogens is 2. The van der Waals surface area contributed by atoms with Crippen molar-refractivity contribution in [2.75, 3.05) is 0 Å². The predicted octanol–water partition coefficient (Wildman–Crippen LogP) is -0.262. The third-order valence-corrected chi connectivity index (χ3v) is 3.57. The van der Waals surface area contributed by atoms with Gasteiger partial charge in [-0.2, -0.15) is 23.3 Å². The molecular formula is C18H26Cl2Ti-2. The first-order valence-electron chi connectivity index (χ1n) is 7.34. The maximum absolute atomic E-state index is 3.33. The van der Waals surface area contributed by atoms with E-state index < -0.39 is 0 Å². The van der Waals surface area contributed by atoms with Gasteiger partial charge in [0.25, 0.3) is 0 Å². The predicted molar refractivity (Wildman–Crippen MR) is 80.1 cm³/mol. The Balaban J connectivity index is -0.000000270.